The average Bonchev–Trinajstić information content (AvgIpc) is 2.28. The van der Waals surface area contributed by atoms with Crippen LogP contribution in [0.1, 0.15) is 24.6 Å². The van der Waals surface area contributed by atoms with Crippen LogP contribution >= 0.6 is 15.9 Å². The standard InChI is InChI=1S/C14H16BrN3/c1-3-4-11-8-13(16)18-14(17-11)12-6-5-10(15)7-9(12)2/h5-8H,3-4H2,1-2H3,(H2,16,17,18). The SMILES string of the molecule is CCCc1cc(N)nc(-c2ccc(Br)cc2C)n1. The van der Waals surface area contributed by atoms with Gasteiger partial charge in [-0.05, 0) is 37.1 Å². The molecule has 94 valence electrons. The van der Waals surface area contributed by atoms with E-state index < -0.39 is 0 Å². The zero-order valence-electron chi connectivity index (χ0n) is 10.6. The molecular formula is C14H16BrN3. The normalized spacial score (nSPS) is 10.6. The third kappa shape index (κ3) is 2.88. The molecule has 0 aliphatic heterocycles. The molecule has 2 N–H and O–H groups in total. The van der Waals surface area contributed by atoms with E-state index in [1.165, 1.54) is 0 Å². The van der Waals surface area contributed by atoms with Crippen LogP contribution < -0.4 is 5.73 Å². The van der Waals surface area contributed by atoms with Crippen LogP contribution in [0.25, 0.3) is 11.4 Å². The summed E-state index contributed by atoms with van der Waals surface area (Å²) >= 11 is 3.46. The average molecular weight is 306 g/mol. The summed E-state index contributed by atoms with van der Waals surface area (Å²) < 4.78 is 1.06. The predicted octanol–water partition coefficient (Wildman–Crippen LogP) is 3.75. The fourth-order valence-corrected chi connectivity index (χ4v) is 2.38. The van der Waals surface area contributed by atoms with E-state index in [0.717, 1.165) is 34.1 Å². The number of hydrogen-bond acceptors (Lipinski definition) is 3. The van der Waals surface area contributed by atoms with Crippen LogP contribution in [0.3, 0.4) is 0 Å². The lowest BCUT2D eigenvalue weighted by molar-refractivity contribution is 0.876. The molecule has 3 nitrogen and oxygen atoms in total. The van der Waals surface area contributed by atoms with Crippen LogP contribution in [0.2, 0.25) is 0 Å². The summed E-state index contributed by atoms with van der Waals surface area (Å²) in [6.07, 6.45) is 1.98. The van der Waals surface area contributed by atoms with Gasteiger partial charge in [-0.1, -0.05) is 29.3 Å². The molecule has 0 unspecified atom stereocenters. The monoisotopic (exact) mass is 305 g/mol. The Bertz CT molecular complexity index is 567. The van der Waals surface area contributed by atoms with Gasteiger partial charge in [-0.3, -0.25) is 0 Å². The zero-order chi connectivity index (χ0) is 13.1. The summed E-state index contributed by atoms with van der Waals surface area (Å²) in [7, 11) is 0. The van der Waals surface area contributed by atoms with Gasteiger partial charge >= 0.3 is 0 Å². The van der Waals surface area contributed by atoms with E-state index in [0.29, 0.717) is 11.6 Å². The van der Waals surface area contributed by atoms with E-state index in [4.69, 9.17) is 5.73 Å². The largest absolute Gasteiger partial charge is 0.384 e. The topological polar surface area (TPSA) is 51.8 Å². The summed E-state index contributed by atoms with van der Waals surface area (Å²) in [5, 5.41) is 0. The molecule has 18 heavy (non-hydrogen) atoms. The summed E-state index contributed by atoms with van der Waals surface area (Å²) in [6.45, 7) is 4.18. The van der Waals surface area contributed by atoms with Gasteiger partial charge in [-0.15, -0.1) is 0 Å². The molecule has 1 aromatic carbocycles. The molecule has 1 aromatic heterocycles. The molecule has 4 heteroatoms. The molecule has 0 spiro atoms. The first-order valence-electron chi connectivity index (χ1n) is 6.00. The maximum Gasteiger partial charge on any atom is 0.162 e. The first kappa shape index (κ1) is 13.0. The number of benzene rings is 1. The van der Waals surface area contributed by atoms with Crippen molar-refractivity contribution in [3.05, 3.63) is 40.0 Å². The number of nitrogens with zero attached hydrogens (tertiary/aromatic N) is 2. The maximum atomic E-state index is 5.85. The van der Waals surface area contributed by atoms with Crippen LogP contribution in [-0.2, 0) is 6.42 Å². The van der Waals surface area contributed by atoms with Gasteiger partial charge in [0.05, 0.1) is 0 Å². The molecule has 0 fully saturated rings. The Hall–Kier alpha value is -1.42. The van der Waals surface area contributed by atoms with Crippen molar-refractivity contribution in [3.63, 3.8) is 0 Å². The van der Waals surface area contributed by atoms with Crippen molar-refractivity contribution in [2.24, 2.45) is 0 Å². The second kappa shape index (κ2) is 5.48. The number of halogens is 1. The lowest BCUT2D eigenvalue weighted by atomic mass is 10.1. The van der Waals surface area contributed by atoms with Crippen LogP contribution in [-0.4, -0.2) is 9.97 Å². The molecule has 0 saturated carbocycles. The van der Waals surface area contributed by atoms with E-state index in [2.05, 4.69) is 38.9 Å². The summed E-state index contributed by atoms with van der Waals surface area (Å²) in [6, 6.07) is 7.92. The second-order valence-electron chi connectivity index (χ2n) is 4.32. The van der Waals surface area contributed by atoms with Gasteiger partial charge in [0.1, 0.15) is 5.82 Å². The fourth-order valence-electron chi connectivity index (χ4n) is 1.90. The summed E-state index contributed by atoms with van der Waals surface area (Å²) in [5.74, 6) is 1.24. The van der Waals surface area contributed by atoms with Crippen molar-refractivity contribution in [1.82, 2.24) is 9.97 Å². The second-order valence-corrected chi connectivity index (χ2v) is 5.23. The van der Waals surface area contributed by atoms with E-state index in [9.17, 15) is 0 Å². The molecule has 0 radical (unpaired) electrons. The Labute approximate surface area is 116 Å². The number of hydrogen-bond donors (Lipinski definition) is 1. The molecule has 2 rings (SSSR count). The van der Waals surface area contributed by atoms with E-state index in [1.807, 2.05) is 25.1 Å². The Balaban J connectivity index is 2.49. The third-order valence-electron chi connectivity index (χ3n) is 2.73. The Morgan fingerprint density at radius 3 is 2.67 bits per heavy atom. The minimum absolute atomic E-state index is 0.533. The van der Waals surface area contributed by atoms with Crippen molar-refractivity contribution < 1.29 is 0 Å². The van der Waals surface area contributed by atoms with Crippen molar-refractivity contribution in [1.29, 1.82) is 0 Å². The van der Waals surface area contributed by atoms with Gasteiger partial charge in [0.25, 0.3) is 0 Å². The van der Waals surface area contributed by atoms with Crippen LogP contribution in [0, 0.1) is 6.92 Å². The van der Waals surface area contributed by atoms with Crippen LogP contribution in [0.15, 0.2) is 28.7 Å². The molecule has 0 aliphatic carbocycles. The first-order chi connectivity index (χ1) is 8.60. The summed E-state index contributed by atoms with van der Waals surface area (Å²) in [4.78, 5) is 8.91. The molecule has 0 saturated heterocycles. The smallest absolute Gasteiger partial charge is 0.162 e. The molecule has 1 heterocycles. The van der Waals surface area contributed by atoms with Crippen molar-refractivity contribution in [2.45, 2.75) is 26.7 Å². The van der Waals surface area contributed by atoms with Gasteiger partial charge in [0, 0.05) is 21.8 Å². The fraction of sp³-hybridized carbons (Fsp3) is 0.286. The molecule has 0 amide bonds. The minimum atomic E-state index is 0.533. The maximum absolute atomic E-state index is 5.85. The predicted molar refractivity (Wildman–Crippen MR) is 78.3 cm³/mol. The quantitative estimate of drug-likeness (QED) is 0.939. The first-order valence-corrected chi connectivity index (χ1v) is 6.79. The minimum Gasteiger partial charge on any atom is -0.384 e. The van der Waals surface area contributed by atoms with Crippen LogP contribution in [0.4, 0.5) is 5.82 Å². The highest BCUT2D eigenvalue weighted by Gasteiger charge is 2.08. The Morgan fingerprint density at radius 1 is 1.22 bits per heavy atom. The lowest BCUT2D eigenvalue weighted by Crippen LogP contribution is -2.01. The Kier molecular flexibility index (Phi) is 3.97. The van der Waals surface area contributed by atoms with Gasteiger partial charge < -0.3 is 5.73 Å². The molecule has 0 atom stereocenters. The van der Waals surface area contributed by atoms with Gasteiger partial charge in [-0.2, -0.15) is 0 Å². The third-order valence-corrected chi connectivity index (χ3v) is 3.23. The molecule has 2 aromatic rings. The van der Waals surface area contributed by atoms with E-state index >= 15 is 0 Å². The zero-order valence-corrected chi connectivity index (χ0v) is 12.2. The number of anilines is 1. The summed E-state index contributed by atoms with van der Waals surface area (Å²) in [5.41, 5.74) is 9.02. The van der Waals surface area contributed by atoms with Crippen LogP contribution in [0.5, 0.6) is 0 Å². The van der Waals surface area contributed by atoms with E-state index in [-0.39, 0.29) is 0 Å². The number of aromatic nitrogens is 2. The molecule has 0 aliphatic rings. The highest BCUT2D eigenvalue weighted by Crippen LogP contribution is 2.24. The van der Waals surface area contributed by atoms with Gasteiger partial charge in [0.15, 0.2) is 5.82 Å². The van der Waals surface area contributed by atoms with Gasteiger partial charge in [-0.25, -0.2) is 9.97 Å². The molecule has 0 bridgehead atoms. The number of nitrogens with two attached hydrogens (primary N) is 1. The van der Waals surface area contributed by atoms with Crippen molar-refractivity contribution in [2.75, 3.05) is 5.73 Å². The highest BCUT2D eigenvalue weighted by atomic mass is 79.9. The molecular weight excluding hydrogens is 290 g/mol. The van der Waals surface area contributed by atoms with Crippen molar-refractivity contribution in [3.8, 4) is 11.4 Å². The highest BCUT2D eigenvalue weighted by molar-refractivity contribution is 9.10. The lowest BCUT2D eigenvalue weighted by Gasteiger charge is -2.08. The number of aryl methyl sites for hydroxylation is 2. The van der Waals surface area contributed by atoms with E-state index in [1.54, 1.807) is 0 Å². The number of nitrogen functional groups attached to an aromatic ring is 1. The Morgan fingerprint density at radius 2 is 2.00 bits per heavy atom. The van der Waals surface area contributed by atoms with Gasteiger partial charge in [0.2, 0.25) is 0 Å². The van der Waals surface area contributed by atoms with Crippen molar-refractivity contribution >= 4 is 21.7 Å². The number of rotatable bonds is 3.